The van der Waals surface area contributed by atoms with Crippen LogP contribution in [-0.4, -0.2) is 153 Å². The maximum Gasteiger partial charge on any atom is 0.414 e. The molecule has 76 heavy (non-hydrogen) atoms. The fourth-order valence-corrected chi connectivity index (χ4v) is 4.98. The van der Waals surface area contributed by atoms with Crippen molar-refractivity contribution in [3.8, 4) is 0 Å². The monoisotopic (exact) mass is 1090 g/mol. The Kier molecular flexibility index (Phi) is 27.8. The Morgan fingerprint density at radius 3 is 0.697 bits per heavy atom. The molecule has 0 heterocycles. The number of aliphatic hydroxyl groups excluding tert-OH is 2. The highest BCUT2D eigenvalue weighted by Crippen LogP contribution is 2.16. The number of rotatable bonds is 12. The van der Waals surface area contributed by atoms with E-state index in [1.165, 1.54) is 0 Å². The number of carbonyl (C=O) groups is 8. The summed E-state index contributed by atoms with van der Waals surface area (Å²) in [7, 11) is 0. The lowest BCUT2D eigenvalue weighted by atomic mass is 10.1. The molecule has 0 aliphatic heterocycles. The van der Waals surface area contributed by atoms with Crippen molar-refractivity contribution >= 4 is 60.4 Å². The van der Waals surface area contributed by atoms with Crippen LogP contribution in [0.5, 0.6) is 0 Å². The maximum atomic E-state index is 12.7. The summed E-state index contributed by atoms with van der Waals surface area (Å²) in [6.07, 6.45) is -8.57. The predicted molar refractivity (Wildman–Crippen MR) is 281 cm³/mol. The van der Waals surface area contributed by atoms with E-state index in [-0.39, 0.29) is 37.9 Å². The molecule has 0 saturated carbocycles. The first-order valence-electron chi connectivity index (χ1n) is 24.6. The summed E-state index contributed by atoms with van der Waals surface area (Å²) in [6, 6.07) is -2.54. The summed E-state index contributed by atoms with van der Waals surface area (Å²) < 4.78 is 41.8. The molecular formula is C50H92N8O18. The minimum Gasteiger partial charge on any atom is -0.458 e. The van der Waals surface area contributed by atoms with E-state index in [1.807, 2.05) is 0 Å². The molecule has 0 radical (unpaired) electrons. The molecule has 0 aliphatic rings. The average Bonchev–Trinajstić information content (AvgIpc) is 3.09. The van der Waals surface area contributed by atoms with E-state index in [2.05, 4.69) is 41.9 Å². The zero-order chi connectivity index (χ0) is 60.2. The van der Waals surface area contributed by atoms with Crippen LogP contribution in [0.4, 0.5) is 28.8 Å². The van der Waals surface area contributed by atoms with Crippen molar-refractivity contribution in [3.05, 3.63) is 0 Å². The Bertz CT molecular complexity index is 1800. The van der Waals surface area contributed by atoms with Gasteiger partial charge in [-0.3, -0.25) is 21.3 Å². The van der Waals surface area contributed by atoms with Gasteiger partial charge in [-0.05, 0) is 166 Å². The number of esters is 2. The van der Waals surface area contributed by atoms with Crippen LogP contribution in [0.1, 0.15) is 179 Å². The largest absolute Gasteiger partial charge is 0.458 e. The third-order valence-electron chi connectivity index (χ3n) is 7.18. The lowest BCUT2D eigenvalue weighted by Crippen LogP contribution is -2.48. The van der Waals surface area contributed by atoms with E-state index >= 15 is 0 Å². The number of alkyl carbamates (subject to hydrolysis) is 6. The molecule has 26 nitrogen and oxygen atoms in total. The number of nitrogens with one attached hydrogen (secondary N) is 6. The number of hydrogen-bond acceptors (Lipinski definition) is 20. The molecule has 0 aliphatic carbocycles. The standard InChI is InChI=1S/2C25H46N4O9/c2*1-22(2,3)35-17(31)16(27-19(32)36-23(4,5)6)13-15(30)14-26-18(28-20(33)37-24(7,8)9)29-21(34)38-25(10,11)12/h2*15-16,30H,13-14H2,1-12H3,(H,27,32)(H2,26,28,29,33,34)/t15-,16+;15-,16-/m10/s1. The Labute approximate surface area is 449 Å². The van der Waals surface area contributed by atoms with Crippen LogP contribution < -0.4 is 31.9 Å². The summed E-state index contributed by atoms with van der Waals surface area (Å²) in [5, 5.41) is 35.2. The van der Waals surface area contributed by atoms with E-state index in [1.54, 1.807) is 166 Å². The minimum atomic E-state index is -1.31. The smallest absolute Gasteiger partial charge is 0.414 e. The average molecular weight is 1090 g/mol. The Balaban J connectivity index is 0. The van der Waals surface area contributed by atoms with Gasteiger partial charge in [0, 0.05) is 12.8 Å². The second-order valence-electron chi connectivity index (χ2n) is 25.1. The molecule has 6 amide bonds. The third-order valence-corrected chi connectivity index (χ3v) is 7.18. The zero-order valence-electron chi connectivity index (χ0n) is 49.5. The number of nitrogens with zero attached hydrogens (tertiary/aromatic N) is 2. The lowest BCUT2D eigenvalue weighted by Gasteiger charge is -2.27. The number of carbonyl (C=O) groups excluding carboxylic acids is 8. The second-order valence-corrected chi connectivity index (χ2v) is 25.1. The van der Waals surface area contributed by atoms with Crippen LogP contribution in [0.2, 0.25) is 0 Å². The van der Waals surface area contributed by atoms with Gasteiger partial charge in [0.1, 0.15) is 56.9 Å². The Hall–Kier alpha value is -6.18. The van der Waals surface area contributed by atoms with Gasteiger partial charge in [0.25, 0.3) is 0 Å². The summed E-state index contributed by atoms with van der Waals surface area (Å²) >= 11 is 0. The molecule has 0 aromatic heterocycles. The van der Waals surface area contributed by atoms with Gasteiger partial charge in [-0.25, -0.2) is 48.3 Å². The fourth-order valence-electron chi connectivity index (χ4n) is 4.98. The first-order chi connectivity index (χ1) is 33.7. The molecule has 440 valence electrons. The molecule has 0 aromatic rings. The van der Waals surface area contributed by atoms with Crippen molar-refractivity contribution in [1.29, 1.82) is 0 Å². The van der Waals surface area contributed by atoms with Crippen molar-refractivity contribution in [1.82, 2.24) is 31.9 Å². The highest BCUT2D eigenvalue weighted by atomic mass is 16.6. The van der Waals surface area contributed by atoms with E-state index in [0.717, 1.165) is 0 Å². The van der Waals surface area contributed by atoms with Crippen LogP contribution in [0.15, 0.2) is 9.98 Å². The molecule has 0 unspecified atom stereocenters. The molecule has 0 spiro atoms. The lowest BCUT2D eigenvalue weighted by molar-refractivity contribution is -0.159. The maximum absolute atomic E-state index is 12.7. The van der Waals surface area contributed by atoms with Crippen LogP contribution in [-0.2, 0) is 47.5 Å². The van der Waals surface area contributed by atoms with Gasteiger partial charge in [-0.15, -0.1) is 0 Å². The van der Waals surface area contributed by atoms with E-state index < -0.39 is 118 Å². The molecule has 0 bridgehead atoms. The number of hydrogen-bond donors (Lipinski definition) is 8. The molecule has 0 saturated heterocycles. The number of amides is 6. The molecule has 0 fully saturated rings. The van der Waals surface area contributed by atoms with Crippen molar-refractivity contribution < 1.29 is 86.5 Å². The van der Waals surface area contributed by atoms with Gasteiger partial charge in [0.15, 0.2) is 0 Å². The Morgan fingerprint density at radius 2 is 0.513 bits per heavy atom. The normalized spacial score (nSPS) is 13.8. The van der Waals surface area contributed by atoms with Crippen LogP contribution in [0.3, 0.4) is 0 Å². The van der Waals surface area contributed by atoms with Crippen molar-refractivity contribution in [2.75, 3.05) is 13.1 Å². The topological polar surface area (TPSA) is 348 Å². The predicted octanol–water partition coefficient (Wildman–Crippen LogP) is 6.76. The van der Waals surface area contributed by atoms with E-state index in [4.69, 9.17) is 37.9 Å². The molecule has 26 heteroatoms. The molecule has 4 atom stereocenters. The van der Waals surface area contributed by atoms with Crippen LogP contribution >= 0.6 is 0 Å². The van der Waals surface area contributed by atoms with Gasteiger partial charge >= 0.3 is 48.5 Å². The summed E-state index contributed by atoms with van der Waals surface area (Å²) in [6.45, 7) is 39.0. The number of guanidine groups is 2. The highest BCUT2D eigenvalue weighted by molar-refractivity contribution is 6.02. The molecular weight excluding hydrogens is 1000 g/mol. The fraction of sp³-hybridized carbons (Fsp3) is 0.800. The third kappa shape index (κ3) is 43.1. The summed E-state index contributed by atoms with van der Waals surface area (Å²) in [5.74, 6) is -2.27. The first-order valence-corrected chi connectivity index (χ1v) is 24.6. The van der Waals surface area contributed by atoms with Gasteiger partial charge in [0.2, 0.25) is 11.9 Å². The van der Waals surface area contributed by atoms with Crippen LogP contribution in [0, 0.1) is 0 Å². The highest BCUT2D eigenvalue weighted by Gasteiger charge is 2.33. The number of aliphatic hydroxyl groups is 2. The quantitative estimate of drug-likeness (QED) is 0.0433. The zero-order valence-corrected chi connectivity index (χ0v) is 49.5. The number of ether oxygens (including phenoxy) is 8. The Morgan fingerprint density at radius 1 is 0.329 bits per heavy atom. The van der Waals surface area contributed by atoms with Crippen molar-refractivity contribution in [2.24, 2.45) is 9.98 Å². The van der Waals surface area contributed by atoms with E-state index in [9.17, 15) is 48.6 Å². The van der Waals surface area contributed by atoms with Crippen LogP contribution in [0.25, 0.3) is 0 Å². The summed E-state index contributed by atoms with van der Waals surface area (Å²) in [5.41, 5.74) is -6.64. The first kappa shape index (κ1) is 71.9. The van der Waals surface area contributed by atoms with Gasteiger partial charge in [-0.2, -0.15) is 0 Å². The van der Waals surface area contributed by atoms with Gasteiger partial charge < -0.3 is 58.7 Å². The molecule has 0 rings (SSSR count). The molecule has 0 aromatic carbocycles. The van der Waals surface area contributed by atoms with Gasteiger partial charge in [0.05, 0.1) is 25.3 Å². The SMILES string of the molecule is CC(C)(C)OC(=O)NC(=NC[C@@H](O)C[C@H](NC(=O)OC(C)(C)C)C(=O)OC(C)(C)C)NC(=O)OC(C)(C)C.CC(C)(C)OC(=O)NC(=NC[C@H](O)C[C@H](NC(=O)OC(C)(C)C)C(=O)OC(C)(C)C)NC(=O)OC(C)(C)C. The van der Waals surface area contributed by atoms with Crippen molar-refractivity contribution in [2.45, 2.75) is 248 Å². The minimum absolute atomic E-state index is 0.302. The van der Waals surface area contributed by atoms with Crippen molar-refractivity contribution in [3.63, 3.8) is 0 Å². The second kappa shape index (κ2) is 29.4. The number of aliphatic imine (C=N–C) groups is 2. The summed E-state index contributed by atoms with van der Waals surface area (Å²) in [4.78, 5) is 107. The molecule has 8 N–H and O–H groups in total. The van der Waals surface area contributed by atoms with E-state index in [0.29, 0.717) is 0 Å². The van der Waals surface area contributed by atoms with Gasteiger partial charge in [-0.1, -0.05) is 0 Å².